The van der Waals surface area contributed by atoms with Gasteiger partial charge in [0.05, 0.1) is 5.92 Å². The van der Waals surface area contributed by atoms with E-state index in [9.17, 15) is 14.4 Å². The molecule has 1 aromatic carbocycles. The summed E-state index contributed by atoms with van der Waals surface area (Å²) in [5, 5.41) is 12.1. The number of benzene rings is 1. The second kappa shape index (κ2) is 11.7. The molecule has 0 aliphatic carbocycles. The molecular formula is C23H35N3O4. The van der Waals surface area contributed by atoms with Gasteiger partial charge in [-0.25, -0.2) is 5.48 Å². The number of carbonyl (C=O) groups is 3. The first-order valence-corrected chi connectivity index (χ1v) is 11.0. The standard InChI is InChI=1S/C23H35N3O4/c1-4-10-18(22(28)25-30)19(15-16(2)3)21(27)24-20-13-8-9-14-26(23(20)29)17-11-6-5-7-12-17/h5-7,11-12,16,18-20,30H,4,8-10,13-15H2,1-3H3,(H,24,27)(H,25,28). The lowest BCUT2D eigenvalue weighted by Gasteiger charge is -2.29. The molecule has 166 valence electrons. The van der Waals surface area contributed by atoms with Gasteiger partial charge in [-0.2, -0.15) is 0 Å². The highest BCUT2D eigenvalue weighted by Crippen LogP contribution is 2.27. The van der Waals surface area contributed by atoms with Crippen molar-refractivity contribution in [3.63, 3.8) is 0 Å². The number of hydrogen-bond acceptors (Lipinski definition) is 4. The van der Waals surface area contributed by atoms with E-state index < -0.39 is 23.8 Å². The molecule has 3 atom stereocenters. The van der Waals surface area contributed by atoms with Crippen molar-refractivity contribution in [1.29, 1.82) is 0 Å². The zero-order valence-corrected chi connectivity index (χ0v) is 18.3. The van der Waals surface area contributed by atoms with Crippen molar-refractivity contribution in [3.05, 3.63) is 30.3 Å². The summed E-state index contributed by atoms with van der Waals surface area (Å²) in [5.74, 6) is -1.99. The van der Waals surface area contributed by atoms with Gasteiger partial charge in [-0.3, -0.25) is 19.6 Å². The number of para-hydroxylation sites is 1. The molecule has 0 saturated carbocycles. The van der Waals surface area contributed by atoms with Crippen molar-refractivity contribution in [2.75, 3.05) is 11.4 Å². The molecule has 0 aromatic heterocycles. The number of hydroxylamine groups is 1. The van der Waals surface area contributed by atoms with E-state index in [0.717, 1.165) is 18.5 Å². The summed E-state index contributed by atoms with van der Waals surface area (Å²) in [6, 6.07) is 8.86. The number of amides is 3. The molecular weight excluding hydrogens is 382 g/mol. The average Bonchev–Trinajstić information content (AvgIpc) is 2.92. The van der Waals surface area contributed by atoms with Crippen LogP contribution >= 0.6 is 0 Å². The molecule has 3 amide bonds. The summed E-state index contributed by atoms with van der Waals surface area (Å²) >= 11 is 0. The molecule has 3 N–H and O–H groups in total. The van der Waals surface area contributed by atoms with Gasteiger partial charge in [-0.15, -0.1) is 0 Å². The Morgan fingerprint density at radius 1 is 1.13 bits per heavy atom. The zero-order chi connectivity index (χ0) is 22.1. The predicted molar refractivity (Wildman–Crippen MR) is 116 cm³/mol. The van der Waals surface area contributed by atoms with Gasteiger partial charge in [0.25, 0.3) is 0 Å². The van der Waals surface area contributed by atoms with Crippen molar-refractivity contribution < 1.29 is 19.6 Å². The van der Waals surface area contributed by atoms with E-state index in [2.05, 4.69) is 5.32 Å². The molecule has 0 bridgehead atoms. The maximum atomic E-state index is 13.2. The van der Waals surface area contributed by atoms with E-state index in [0.29, 0.717) is 32.2 Å². The molecule has 1 heterocycles. The second-order valence-electron chi connectivity index (χ2n) is 8.49. The van der Waals surface area contributed by atoms with Crippen LogP contribution in [0.5, 0.6) is 0 Å². The number of anilines is 1. The lowest BCUT2D eigenvalue weighted by molar-refractivity contribution is -0.141. The van der Waals surface area contributed by atoms with Gasteiger partial charge in [0.15, 0.2) is 0 Å². The van der Waals surface area contributed by atoms with Gasteiger partial charge in [-0.1, -0.05) is 45.4 Å². The Bertz CT molecular complexity index is 708. The first kappa shape index (κ1) is 23.9. The van der Waals surface area contributed by atoms with E-state index in [4.69, 9.17) is 5.21 Å². The summed E-state index contributed by atoms with van der Waals surface area (Å²) in [5.41, 5.74) is 2.54. The third kappa shape index (κ3) is 6.29. The van der Waals surface area contributed by atoms with Crippen molar-refractivity contribution in [1.82, 2.24) is 10.8 Å². The fourth-order valence-electron chi connectivity index (χ4n) is 4.19. The van der Waals surface area contributed by atoms with Crippen molar-refractivity contribution in [3.8, 4) is 0 Å². The lowest BCUT2D eigenvalue weighted by Crippen LogP contribution is -2.51. The van der Waals surface area contributed by atoms with Crippen molar-refractivity contribution >= 4 is 23.4 Å². The van der Waals surface area contributed by atoms with E-state index in [1.165, 1.54) is 0 Å². The summed E-state index contributed by atoms with van der Waals surface area (Å²) in [4.78, 5) is 40.4. The predicted octanol–water partition coefficient (Wildman–Crippen LogP) is 3.27. The van der Waals surface area contributed by atoms with Crippen LogP contribution in [0.25, 0.3) is 0 Å². The number of rotatable bonds is 9. The van der Waals surface area contributed by atoms with Crippen LogP contribution in [-0.2, 0) is 14.4 Å². The van der Waals surface area contributed by atoms with Crippen molar-refractivity contribution in [2.24, 2.45) is 17.8 Å². The Morgan fingerprint density at radius 3 is 2.43 bits per heavy atom. The number of carbonyl (C=O) groups excluding carboxylic acids is 3. The van der Waals surface area contributed by atoms with Crippen LogP contribution < -0.4 is 15.7 Å². The largest absolute Gasteiger partial charge is 0.344 e. The molecule has 7 nitrogen and oxygen atoms in total. The van der Waals surface area contributed by atoms with Gasteiger partial charge in [0, 0.05) is 18.2 Å². The summed E-state index contributed by atoms with van der Waals surface area (Å²) in [6.07, 6.45) is 3.99. The summed E-state index contributed by atoms with van der Waals surface area (Å²) in [7, 11) is 0. The molecule has 1 aromatic rings. The summed E-state index contributed by atoms with van der Waals surface area (Å²) < 4.78 is 0. The minimum Gasteiger partial charge on any atom is -0.344 e. The fraction of sp³-hybridized carbons (Fsp3) is 0.609. The van der Waals surface area contributed by atoms with Gasteiger partial charge in [-0.05, 0) is 50.2 Å². The number of nitrogens with one attached hydrogen (secondary N) is 2. The minimum absolute atomic E-state index is 0.117. The summed E-state index contributed by atoms with van der Waals surface area (Å²) in [6.45, 7) is 6.55. The van der Waals surface area contributed by atoms with Gasteiger partial charge >= 0.3 is 0 Å². The van der Waals surface area contributed by atoms with Crippen LogP contribution in [0.4, 0.5) is 5.69 Å². The maximum absolute atomic E-state index is 13.2. The first-order valence-electron chi connectivity index (χ1n) is 11.0. The highest BCUT2D eigenvalue weighted by molar-refractivity contribution is 6.00. The highest BCUT2D eigenvalue weighted by Gasteiger charge is 2.36. The van der Waals surface area contributed by atoms with E-state index in [-0.39, 0.29) is 17.7 Å². The molecule has 30 heavy (non-hydrogen) atoms. The SMILES string of the molecule is CCCC(C(=O)NO)C(CC(C)C)C(=O)NC1CCCCN(c2ccccc2)C1=O. The molecule has 0 radical (unpaired) electrons. The molecule has 7 heteroatoms. The monoisotopic (exact) mass is 417 g/mol. The lowest BCUT2D eigenvalue weighted by atomic mass is 9.81. The van der Waals surface area contributed by atoms with Crippen molar-refractivity contribution in [2.45, 2.75) is 65.3 Å². The Hall–Kier alpha value is -2.41. The minimum atomic E-state index is -0.631. The van der Waals surface area contributed by atoms with Crippen LogP contribution in [-0.4, -0.2) is 35.5 Å². The number of nitrogens with zero attached hydrogens (tertiary/aromatic N) is 1. The van der Waals surface area contributed by atoms with Crippen LogP contribution in [0.3, 0.4) is 0 Å². The fourth-order valence-corrected chi connectivity index (χ4v) is 4.19. The molecule has 1 aliphatic heterocycles. The second-order valence-corrected chi connectivity index (χ2v) is 8.49. The Labute approximate surface area is 179 Å². The molecule has 1 fully saturated rings. The van der Waals surface area contributed by atoms with E-state index >= 15 is 0 Å². The Balaban J connectivity index is 2.21. The zero-order valence-electron chi connectivity index (χ0n) is 18.3. The third-order valence-electron chi connectivity index (χ3n) is 5.67. The normalized spacial score (nSPS) is 19.2. The van der Waals surface area contributed by atoms with Crippen LogP contribution in [0.1, 0.15) is 59.3 Å². The maximum Gasteiger partial charge on any atom is 0.249 e. The Kier molecular flexibility index (Phi) is 9.30. The quantitative estimate of drug-likeness (QED) is 0.424. The third-order valence-corrected chi connectivity index (χ3v) is 5.67. The van der Waals surface area contributed by atoms with Crippen LogP contribution in [0.2, 0.25) is 0 Å². The van der Waals surface area contributed by atoms with Crippen LogP contribution in [0.15, 0.2) is 30.3 Å². The van der Waals surface area contributed by atoms with Crippen LogP contribution in [0, 0.1) is 17.8 Å². The van der Waals surface area contributed by atoms with E-state index in [1.54, 1.807) is 10.4 Å². The topological polar surface area (TPSA) is 98.7 Å². The highest BCUT2D eigenvalue weighted by atomic mass is 16.5. The molecule has 2 rings (SSSR count). The smallest absolute Gasteiger partial charge is 0.249 e. The molecule has 3 unspecified atom stereocenters. The molecule has 1 aliphatic rings. The average molecular weight is 418 g/mol. The molecule has 1 saturated heterocycles. The van der Waals surface area contributed by atoms with Gasteiger partial charge < -0.3 is 10.2 Å². The Morgan fingerprint density at radius 2 is 1.83 bits per heavy atom. The first-order chi connectivity index (χ1) is 14.4. The van der Waals surface area contributed by atoms with Gasteiger partial charge in [0.2, 0.25) is 17.7 Å². The van der Waals surface area contributed by atoms with Gasteiger partial charge in [0.1, 0.15) is 6.04 Å². The number of hydrogen-bond donors (Lipinski definition) is 3. The molecule has 0 spiro atoms. The van der Waals surface area contributed by atoms with E-state index in [1.807, 2.05) is 51.1 Å².